The lowest BCUT2D eigenvalue weighted by Gasteiger charge is -2.23. The predicted octanol–water partition coefficient (Wildman–Crippen LogP) is 2.97. The van der Waals surface area contributed by atoms with Gasteiger partial charge in [0, 0.05) is 17.6 Å². The molecule has 1 atom stereocenters. The van der Waals surface area contributed by atoms with Gasteiger partial charge in [0.05, 0.1) is 5.60 Å². The number of hydrogen-bond donors (Lipinski definition) is 2. The Kier molecular flexibility index (Phi) is 6.68. The fraction of sp³-hybridized carbons (Fsp3) is 0.571. The monoisotopic (exact) mass is 315 g/mol. The van der Waals surface area contributed by atoms with Crippen LogP contribution in [0.3, 0.4) is 0 Å². The van der Waals surface area contributed by atoms with Crippen molar-refractivity contribution >= 4 is 15.9 Å². The van der Waals surface area contributed by atoms with E-state index < -0.39 is 5.60 Å². The molecule has 2 N–H and O–H groups in total. The highest BCUT2D eigenvalue weighted by Crippen LogP contribution is 2.17. The highest BCUT2D eigenvalue weighted by molar-refractivity contribution is 9.10. The maximum Gasteiger partial charge on any atom is 0.120 e. The van der Waals surface area contributed by atoms with Gasteiger partial charge >= 0.3 is 0 Å². The topological polar surface area (TPSA) is 41.5 Å². The van der Waals surface area contributed by atoms with Crippen molar-refractivity contribution in [2.75, 3.05) is 19.7 Å². The lowest BCUT2D eigenvalue weighted by atomic mass is 10.0. The molecule has 0 fully saturated rings. The van der Waals surface area contributed by atoms with E-state index in [2.05, 4.69) is 28.2 Å². The molecule has 102 valence electrons. The summed E-state index contributed by atoms with van der Waals surface area (Å²) in [5.74, 6) is 0.853. The number of aliphatic hydroxyl groups is 1. The Hall–Kier alpha value is -0.580. The summed E-state index contributed by atoms with van der Waals surface area (Å²) in [6.45, 7) is 5.86. The van der Waals surface area contributed by atoms with Crippen LogP contribution in [0.4, 0.5) is 0 Å². The van der Waals surface area contributed by atoms with Crippen molar-refractivity contribution in [1.82, 2.24) is 5.32 Å². The van der Waals surface area contributed by atoms with Crippen LogP contribution < -0.4 is 10.1 Å². The van der Waals surface area contributed by atoms with Crippen molar-refractivity contribution < 1.29 is 9.84 Å². The second kappa shape index (κ2) is 7.77. The molecule has 0 amide bonds. The SMILES string of the molecule is CCCC(C)(O)CNCCOc1cccc(Br)c1. The van der Waals surface area contributed by atoms with Crippen LogP contribution in [0.5, 0.6) is 5.75 Å². The summed E-state index contributed by atoms with van der Waals surface area (Å²) < 4.78 is 6.60. The molecule has 0 heterocycles. The molecule has 1 unspecified atom stereocenters. The van der Waals surface area contributed by atoms with Crippen LogP contribution in [-0.2, 0) is 0 Å². The fourth-order valence-electron chi connectivity index (χ4n) is 1.78. The Morgan fingerprint density at radius 1 is 1.44 bits per heavy atom. The summed E-state index contributed by atoms with van der Waals surface area (Å²) in [6, 6.07) is 7.77. The van der Waals surface area contributed by atoms with Crippen molar-refractivity contribution in [3.05, 3.63) is 28.7 Å². The molecule has 0 radical (unpaired) electrons. The Morgan fingerprint density at radius 3 is 2.89 bits per heavy atom. The molecule has 1 aromatic carbocycles. The smallest absolute Gasteiger partial charge is 0.120 e. The van der Waals surface area contributed by atoms with Crippen molar-refractivity contribution in [2.45, 2.75) is 32.3 Å². The van der Waals surface area contributed by atoms with E-state index >= 15 is 0 Å². The minimum atomic E-state index is -0.621. The van der Waals surface area contributed by atoms with Gasteiger partial charge in [-0.3, -0.25) is 0 Å². The number of rotatable bonds is 8. The second-order valence-corrected chi connectivity index (χ2v) is 5.65. The van der Waals surface area contributed by atoms with E-state index in [1.54, 1.807) is 0 Å². The van der Waals surface area contributed by atoms with Crippen LogP contribution in [0, 0.1) is 0 Å². The van der Waals surface area contributed by atoms with Gasteiger partial charge in [-0.25, -0.2) is 0 Å². The number of benzene rings is 1. The highest BCUT2D eigenvalue weighted by Gasteiger charge is 2.17. The van der Waals surface area contributed by atoms with Crippen LogP contribution >= 0.6 is 15.9 Å². The molecule has 1 rings (SSSR count). The third-order valence-corrected chi connectivity index (χ3v) is 3.13. The summed E-state index contributed by atoms with van der Waals surface area (Å²) in [4.78, 5) is 0. The number of halogens is 1. The molecule has 0 aliphatic heterocycles. The zero-order valence-corrected chi connectivity index (χ0v) is 12.7. The zero-order valence-electron chi connectivity index (χ0n) is 11.1. The van der Waals surface area contributed by atoms with Crippen LogP contribution in [0.1, 0.15) is 26.7 Å². The molecule has 0 aromatic heterocycles. The van der Waals surface area contributed by atoms with E-state index in [1.165, 1.54) is 0 Å². The molecular weight excluding hydrogens is 294 g/mol. The lowest BCUT2D eigenvalue weighted by molar-refractivity contribution is 0.0494. The van der Waals surface area contributed by atoms with Gasteiger partial charge in [-0.05, 0) is 31.5 Å². The Bertz CT molecular complexity index is 355. The van der Waals surface area contributed by atoms with Crippen LogP contribution in [0.25, 0.3) is 0 Å². The highest BCUT2D eigenvalue weighted by atomic mass is 79.9. The maximum atomic E-state index is 9.96. The average molecular weight is 316 g/mol. The molecule has 0 aliphatic carbocycles. The Balaban J connectivity index is 2.16. The molecule has 4 heteroatoms. The number of hydrogen-bond acceptors (Lipinski definition) is 3. The summed E-state index contributed by atoms with van der Waals surface area (Å²) >= 11 is 3.40. The van der Waals surface area contributed by atoms with E-state index in [0.29, 0.717) is 13.2 Å². The minimum Gasteiger partial charge on any atom is -0.492 e. The predicted molar refractivity (Wildman–Crippen MR) is 78.0 cm³/mol. The Labute approximate surface area is 118 Å². The maximum absolute atomic E-state index is 9.96. The van der Waals surface area contributed by atoms with E-state index in [1.807, 2.05) is 31.2 Å². The molecule has 0 spiro atoms. The number of ether oxygens (including phenoxy) is 1. The molecule has 0 aliphatic rings. The summed E-state index contributed by atoms with van der Waals surface area (Å²) in [6.07, 6.45) is 1.80. The third-order valence-electron chi connectivity index (χ3n) is 2.64. The summed E-state index contributed by atoms with van der Waals surface area (Å²) in [7, 11) is 0. The van der Waals surface area contributed by atoms with E-state index in [0.717, 1.165) is 29.6 Å². The quantitative estimate of drug-likeness (QED) is 0.725. The van der Waals surface area contributed by atoms with Crippen molar-refractivity contribution in [3.8, 4) is 5.75 Å². The molecule has 0 bridgehead atoms. The largest absolute Gasteiger partial charge is 0.492 e. The molecule has 18 heavy (non-hydrogen) atoms. The van der Waals surface area contributed by atoms with Crippen LogP contribution in [0.15, 0.2) is 28.7 Å². The van der Waals surface area contributed by atoms with Gasteiger partial charge < -0.3 is 15.2 Å². The zero-order chi connectivity index (χ0) is 13.4. The van der Waals surface area contributed by atoms with E-state index in [4.69, 9.17) is 4.74 Å². The number of nitrogens with one attached hydrogen (secondary N) is 1. The van der Waals surface area contributed by atoms with Crippen molar-refractivity contribution in [3.63, 3.8) is 0 Å². The molecule has 1 aromatic rings. The van der Waals surface area contributed by atoms with E-state index in [-0.39, 0.29) is 0 Å². The van der Waals surface area contributed by atoms with Gasteiger partial charge in [-0.2, -0.15) is 0 Å². The van der Waals surface area contributed by atoms with Gasteiger partial charge in [0.2, 0.25) is 0 Å². The van der Waals surface area contributed by atoms with Crippen molar-refractivity contribution in [1.29, 1.82) is 0 Å². The first-order chi connectivity index (χ1) is 8.53. The second-order valence-electron chi connectivity index (χ2n) is 4.73. The summed E-state index contributed by atoms with van der Waals surface area (Å²) in [5.41, 5.74) is -0.621. The summed E-state index contributed by atoms with van der Waals surface area (Å²) in [5, 5.41) is 13.2. The van der Waals surface area contributed by atoms with Gasteiger partial charge in [-0.1, -0.05) is 35.3 Å². The van der Waals surface area contributed by atoms with Gasteiger partial charge in [-0.15, -0.1) is 0 Å². The lowest BCUT2D eigenvalue weighted by Crippen LogP contribution is -2.39. The fourth-order valence-corrected chi connectivity index (χ4v) is 2.16. The standard InChI is InChI=1S/C14H22BrNO2/c1-3-7-14(2,17)11-16-8-9-18-13-6-4-5-12(15)10-13/h4-6,10,16-17H,3,7-9,11H2,1-2H3. The normalized spacial score (nSPS) is 14.2. The molecule has 0 saturated heterocycles. The molecular formula is C14H22BrNO2. The van der Waals surface area contributed by atoms with Crippen LogP contribution in [-0.4, -0.2) is 30.4 Å². The van der Waals surface area contributed by atoms with Crippen LogP contribution in [0.2, 0.25) is 0 Å². The first-order valence-corrected chi connectivity index (χ1v) is 7.14. The molecule has 3 nitrogen and oxygen atoms in total. The van der Waals surface area contributed by atoms with E-state index in [9.17, 15) is 5.11 Å². The van der Waals surface area contributed by atoms with Gasteiger partial charge in [0.15, 0.2) is 0 Å². The Morgan fingerprint density at radius 2 is 2.22 bits per heavy atom. The first kappa shape index (κ1) is 15.5. The first-order valence-electron chi connectivity index (χ1n) is 6.35. The average Bonchev–Trinajstić information content (AvgIpc) is 2.28. The van der Waals surface area contributed by atoms with Gasteiger partial charge in [0.1, 0.15) is 12.4 Å². The third kappa shape index (κ3) is 6.38. The molecule has 0 saturated carbocycles. The minimum absolute atomic E-state index is 0.596. The van der Waals surface area contributed by atoms with Gasteiger partial charge in [0.25, 0.3) is 0 Å². The van der Waals surface area contributed by atoms with Crippen molar-refractivity contribution in [2.24, 2.45) is 0 Å².